The highest BCUT2D eigenvalue weighted by Gasteiger charge is 2.30. The molecule has 0 radical (unpaired) electrons. The lowest BCUT2D eigenvalue weighted by Gasteiger charge is -2.32. The summed E-state index contributed by atoms with van der Waals surface area (Å²) in [7, 11) is 0. The van der Waals surface area contributed by atoms with Crippen LogP contribution in [0.1, 0.15) is 56.6 Å². The zero-order chi connectivity index (χ0) is 14.8. The van der Waals surface area contributed by atoms with E-state index in [1.807, 2.05) is 23.2 Å². The van der Waals surface area contributed by atoms with E-state index in [9.17, 15) is 4.79 Å². The largest absolute Gasteiger partial charge is 0.340 e. The molecule has 1 aromatic rings. The zero-order valence-electron chi connectivity index (χ0n) is 12.9. The molecule has 0 saturated heterocycles. The quantitative estimate of drug-likeness (QED) is 0.833. The Balaban J connectivity index is 2.15. The molecule has 1 amide bonds. The molecule has 0 spiro atoms. The van der Waals surface area contributed by atoms with Crippen LogP contribution in [-0.2, 0) is 0 Å². The van der Waals surface area contributed by atoms with Crippen molar-refractivity contribution in [3.8, 4) is 0 Å². The van der Waals surface area contributed by atoms with Gasteiger partial charge in [-0.15, -0.1) is 0 Å². The van der Waals surface area contributed by atoms with Gasteiger partial charge in [-0.25, -0.2) is 0 Å². The SMILES string of the molecule is CCCN(CC(C)(C)CN)C(=O)c1cccn1C1CC1. The summed E-state index contributed by atoms with van der Waals surface area (Å²) in [6.45, 7) is 8.43. The van der Waals surface area contributed by atoms with Crippen LogP contribution < -0.4 is 5.73 Å². The molecule has 0 atom stereocenters. The van der Waals surface area contributed by atoms with Gasteiger partial charge in [0.2, 0.25) is 0 Å². The fraction of sp³-hybridized carbons (Fsp3) is 0.688. The van der Waals surface area contributed by atoms with Gasteiger partial charge in [-0.1, -0.05) is 20.8 Å². The Morgan fingerprint density at radius 1 is 1.50 bits per heavy atom. The minimum atomic E-state index is -0.0398. The Kier molecular flexibility index (Phi) is 4.53. The average molecular weight is 277 g/mol. The van der Waals surface area contributed by atoms with Crippen molar-refractivity contribution in [2.75, 3.05) is 19.6 Å². The van der Waals surface area contributed by atoms with Gasteiger partial charge in [-0.3, -0.25) is 4.79 Å². The number of hydrogen-bond donors (Lipinski definition) is 1. The lowest BCUT2D eigenvalue weighted by atomic mass is 9.93. The van der Waals surface area contributed by atoms with Crippen molar-refractivity contribution in [3.05, 3.63) is 24.0 Å². The molecule has 1 saturated carbocycles. The van der Waals surface area contributed by atoms with Crippen molar-refractivity contribution < 1.29 is 4.79 Å². The highest BCUT2D eigenvalue weighted by Crippen LogP contribution is 2.36. The molecule has 2 rings (SSSR count). The molecular formula is C16H27N3O. The van der Waals surface area contributed by atoms with Crippen LogP contribution in [0.5, 0.6) is 0 Å². The van der Waals surface area contributed by atoms with E-state index in [1.165, 1.54) is 12.8 Å². The molecular weight excluding hydrogens is 250 g/mol. The number of nitrogens with zero attached hydrogens (tertiary/aromatic N) is 2. The van der Waals surface area contributed by atoms with Gasteiger partial charge in [0, 0.05) is 25.3 Å². The highest BCUT2D eigenvalue weighted by molar-refractivity contribution is 5.93. The van der Waals surface area contributed by atoms with E-state index in [1.54, 1.807) is 0 Å². The van der Waals surface area contributed by atoms with Gasteiger partial charge in [0.1, 0.15) is 5.69 Å². The fourth-order valence-electron chi connectivity index (χ4n) is 2.51. The monoisotopic (exact) mass is 277 g/mol. The van der Waals surface area contributed by atoms with Gasteiger partial charge >= 0.3 is 0 Å². The van der Waals surface area contributed by atoms with Gasteiger partial charge in [-0.2, -0.15) is 0 Å². The maximum absolute atomic E-state index is 12.8. The number of carbonyl (C=O) groups excluding carboxylic acids is 1. The van der Waals surface area contributed by atoms with E-state index in [0.717, 1.165) is 18.7 Å². The number of nitrogens with two attached hydrogens (primary N) is 1. The second-order valence-corrected chi connectivity index (χ2v) is 6.63. The van der Waals surface area contributed by atoms with E-state index in [4.69, 9.17) is 5.73 Å². The van der Waals surface area contributed by atoms with Crippen molar-refractivity contribution in [2.24, 2.45) is 11.1 Å². The second-order valence-electron chi connectivity index (χ2n) is 6.63. The molecule has 4 nitrogen and oxygen atoms in total. The van der Waals surface area contributed by atoms with Crippen LogP contribution in [0.2, 0.25) is 0 Å². The average Bonchev–Trinajstić information content (AvgIpc) is 3.15. The first-order valence-corrected chi connectivity index (χ1v) is 7.64. The van der Waals surface area contributed by atoms with E-state index >= 15 is 0 Å². The minimum absolute atomic E-state index is 0.0398. The standard InChI is InChI=1S/C16H27N3O/c1-4-9-18(12-16(2,3)11-17)15(20)14-6-5-10-19(14)13-7-8-13/h5-6,10,13H,4,7-9,11-12,17H2,1-3H3. The lowest BCUT2D eigenvalue weighted by molar-refractivity contribution is 0.0678. The summed E-state index contributed by atoms with van der Waals surface area (Å²) >= 11 is 0. The Morgan fingerprint density at radius 3 is 2.75 bits per heavy atom. The zero-order valence-corrected chi connectivity index (χ0v) is 12.9. The Morgan fingerprint density at radius 2 is 2.20 bits per heavy atom. The fourth-order valence-corrected chi connectivity index (χ4v) is 2.51. The molecule has 4 heteroatoms. The molecule has 0 unspecified atom stereocenters. The van der Waals surface area contributed by atoms with Crippen molar-refractivity contribution >= 4 is 5.91 Å². The number of hydrogen-bond acceptors (Lipinski definition) is 2. The number of amides is 1. The number of aromatic nitrogens is 1. The summed E-state index contributed by atoms with van der Waals surface area (Å²) in [6.07, 6.45) is 5.38. The van der Waals surface area contributed by atoms with E-state index < -0.39 is 0 Å². The third kappa shape index (κ3) is 3.42. The molecule has 20 heavy (non-hydrogen) atoms. The van der Waals surface area contributed by atoms with Crippen molar-refractivity contribution in [3.63, 3.8) is 0 Å². The van der Waals surface area contributed by atoms with E-state index in [2.05, 4.69) is 25.3 Å². The molecule has 1 aliphatic rings. The van der Waals surface area contributed by atoms with Gasteiger partial charge in [0.05, 0.1) is 0 Å². The predicted molar refractivity (Wildman–Crippen MR) is 81.7 cm³/mol. The molecule has 112 valence electrons. The molecule has 1 aliphatic carbocycles. The Hall–Kier alpha value is -1.29. The maximum Gasteiger partial charge on any atom is 0.270 e. The van der Waals surface area contributed by atoms with E-state index in [-0.39, 0.29) is 11.3 Å². The summed E-state index contributed by atoms with van der Waals surface area (Å²) in [4.78, 5) is 14.8. The van der Waals surface area contributed by atoms with Crippen LogP contribution in [0.4, 0.5) is 0 Å². The topological polar surface area (TPSA) is 51.3 Å². The molecule has 2 N–H and O–H groups in total. The van der Waals surface area contributed by atoms with Crippen LogP contribution in [0.3, 0.4) is 0 Å². The molecule has 0 aliphatic heterocycles. The number of carbonyl (C=O) groups is 1. The summed E-state index contributed by atoms with van der Waals surface area (Å²) in [6, 6.07) is 4.46. The van der Waals surface area contributed by atoms with Crippen LogP contribution in [-0.4, -0.2) is 35.0 Å². The summed E-state index contributed by atoms with van der Waals surface area (Å²) in [5, 5.41) is 0. The van der Waals surface area contributed by atoms with Crippen molar-refractivity contribution in [2.45, 2.75) is 46.1 Å². The van der Waals surface area contributed by atoms with Crippen LogP contribution in [0.15, 0.2) is 18.3 Å². The predicted octanol–water partition coefficient (Wildman–Crippen LogP) is 2.66. The summed E-state index contributed by atoms with van der Waals surface area (Å²) in [5.74, 6) is 0.144. The van der Waals surface area contributed by atoms with Gasteiger partial charge in [0.15, 0.2) is 0 Å². The first-order valence-electron chi connectivity index (χ1n) is 7.64. The lowest BCUT2D eigenvalue weighted by Crippen LogP contribution is -2.43. The van der Waals surface area contributed by atoms with Gasteiger partial charge in [0.25, 0.3) is 5.91 Å². The molecule has 1 heterocycles. The normalized spacial score (nSPS) is 15.4. The van der Waals surface area contributed by atoms with Gasteiger partial charge < -0.3 is 15.2 Å². The smallest absolute Gasteiger partial charge is 0.270 e. The van der Waals surface area contributed by atoms with Crippen LogP contribution in [0, 0.1) is 5.41 Å². The summed E-state index contributed by atoms with van der Waals surface area (Å²) < 4.78 is 2.14. The molecule has 1 aromatic heterocycles. The third-order valence-electron chi connectivity index (χ3n) is 3.89. The second kappa shape index (κ2) is 6.00. The minimum Gasteiger partial charge on any atom is -0.340 e. The third-order valence-corrected chi connectivity index (χ3v) is 3.89. The first-order chi connectivity index (χ1) is 9.48. The molecule has 1 fully saturated rings. The molecule has 0 aromatic carbocycles. The van der Waals surface area contributed by atoms with E-state index in [0.29, 0.717) is 19.1 Å². The summed E-state index contributed by atoms with van der Waals surface area (Å²) in [5.41, 5.74) is 6.60. The molecule has 0 bridgehead atoms. The van der Waals surface area contributed by atoms with Crippen molar-refractivity contribution in [1.29, 1.82) is 0 Å². The Bertz CT molecular complexity index is 460. The maximum atomic E-state index is 12.8. The van der Waals surface area contributed by atoms with Crippen molar-refractivity contribution in [1.82, 2.24) is 9.47 Å². The van der Waals surface area contributed by atoms with Gasteiger partial charge in [-0.05, 0) is 43.4 Å². The highest BCUT2D eigenvalue weighted by atomic mass is 16.2. The number of rotatable bonds is 7. The Labute approximate surface area is 121 Å². The van der Waals surface area contributed by atoms with Crippen LogP contribution >= 0.6 is 0 Å². The van der Waals surface area contributed by atoms with Crippen LogP contribution in [0.25, 0.3) is 0 Å². The first kappa shape index (κ1) is 15.1.